The minimum absolute atomic E-state index is 0.0606. The number of carbonyl (C=O) groups is 2. The Labute approximate surface area is 193 Å². The van der Waals surface area contributed by atoms with Crippen molar-refractivity contribution in [1.29, 1.82) is 0 Å². The van der Waals surface area contributed by atoms with E-state index in [1.54, 1.807) is 19.0 Å². The summed E-state index contributed by atoms with van der Waals surface area (Å²) in [5.41, 5.74) is 2.62. The lowest BCUT2D eigenvalue weighted by Gasteiger charge is -2.38. The van der Waals surface area contributed by atoms with Gasteiger partial charge in [0, 0.05) is 51.5 Å². The Balaban J connectivity index is 1.44. The molecule has 6 heteroatoms. The Kier molecular flexibility index (Phi) is 7.73. The van der Waals surface area contributed by atoms with Gasteiger partial charge >= 0.3 is 6.09 Å². The highest BCUT2D eigenvalue weighted by Crippen LogP contribution is 2.32. The highest BCUT2D eigenvalue weighted by atomic mass is 16.6. The zero-order valence-corrected chi connectivity index (χ0v) is 20.8. The molecule has 3 rings (SSSR count). The van der Waals surface area contributed by atoms with Gasteiger partial charge in [-0.1, -0.05) is 0 Å². The van der Waals surface area contributed by atoms with Crippen molar-refractivity contribution in [2.24, 2.45) is 11.8 Å². The first-order valence-corrected chi connectivity index (χ1v) is 12.1. The largest absolute Gasteiger partial charge is 0.444 e. The molecule has 0 spiro atoms. The highest BCUT2D eigenvalue weighted by Gasteiger charge is 2.29. The summed E-state index contributed by atoms with van der Waals surface area (Å²) in [4.78, 5) is 30.5. The summed E-state index contributed by atoms with van der Waals surface area (Å²) < 4.78 is 5.52. The summed E-state index contributed by atoms with van der Waals surface area (Å²) in [6.45, 7) is 11.6. The number of ether oxygens (including phenoxy) is 1. The fraction of sp³-hybridized carbons (Fsp3) is 0.692. The fourth-order valence-corrected chi connectivity index (χ4v) is 4.90. The van der Waals surface area contributed by atoms with Crippen LogP contribution < -0.4 is 4.90 Å². The summed E-state index contributed by atoms with van der Waals surface area (Å²) >= 11 is 0. The molecule has 2 saturated heterocycles. The van der Waals surface area contributed by atoms with Crippen LogP contribution in [0.25, 0.3) is 0 Å². The average Bonchev–Trinajstić information content (AvgIpc) is 2.73. The predicted molar refractivity (Wildman–Crippen MR) is 129 cm³/mol. The summed E-state index contributed by atoms with van der Waals surface area (Å²) in [6.07, 6.45) is 5.69. The van der Waals surface area contributed by atoms with E-state index in [2.05, 4.69) is 17.0 Å². The van der Waals surface area contributed by atoms with Gasteiger partial charge in [0.05, 0.1) is 0 Å². The maximum Gasteiger partial charge on any atom is 0.410 e. The number of nitrogens with zero attached hydrogens (tertiary/aromatic N) is 3. The van der Waals surface area contributed by atoms with Gasteiger partial charge in [0.2, 0.25) is 0 Å². The molecule has 0 N–H and O–H groups in total. The quantitative estimate of drug-likeness (QED) is 0.661. The lowest BCUT2D eigenvalue weighted by molar-refractivity contribution is 0.0174. The van der Waals surface area contributed by atoms with Crippen molar-refractivity contribution in [3.05, 3.63) is 29.3 Å². The summed E-state index contributed by atoms with van der Waals surface area (Å²) in [7, 11) is 3.59. The van der Waals surface area contributed by atoms with E-state index in [1.165, 1.54) is 24.9 Å². The van der Waals surface area contributed by atoms with Gasteiger partial charge < -0.3 is 19.4 Å². The van der Waals surface area contributed by atoms with E-state index in [4.69, 9.17) is 4.74 Å². The van der Waals surface area contributed by atoms with Crippen LogP contribution in [0.4, 0.5) is 10.5 Å². The topological polar surface area (TPSA) is 53.1 Å². The van der Waals surface area contributed by atoms with E-state index < -0.39 is 5.60 Å². The summed E-state index contributed by atoms with van der Waals surface area (Å²) in [5, 5.41) is 0. The smallest absolute Gasteiger partial charge is 0.410 e. The lowest BCUT2D eigenvalue weighted by atomic mass is 9.82. The van der Waals surface area contributed by atoms with E-state index in [9.17, 15) is 9.59 Å². The fourth-order valence-electron chi connectivity index (χ4n) is 4.90. The van der Waals surface area contributed by atoms with Crippen molar-refractivity contribution in [3.63, 3.8) is 0 Å². The van der Waals surface area contributed by atoms with Crippen LogP contribution in [-0.2, 0) is 4.74 Å². The van der Waals surface area contributed by atoms with Crippen LogP contribution in [0.3, 0.4) is 0 Å². The molecule has 2 fully saturated rings. The SMILES string of the molecule is Cc1cc(N2CCC(CC3CCN(C(=O)OC(C)(C)C)CC3)CC2)ccc1C(=O)N(C)C. The Hall–Kier alpha value is -2.24. The Morgan fingerprint density at radius 3 is 2.06 bits per heavy atom. The molecule has 0 saturated carbocycles. The first kappa shape index (κ1) is 24.4. The van der Waals surface area contributed by atoms with E-state index in [1.807, 2.05) is 38.7 Å². The normalized spacial score (nSPS) is 18.6. The zero-order chi connectivity index (χ0) is 23.5. The number of carbonyl (C=O) groups excluding carboxylic acids is 2. The molecule has 2 aliphatic rings. The third kappa shape index (κ3) is 6.39. The lowest BCUT2D eigenvalue weighted by Crippen LogP contribution is -2.42. The highest BCUT2D eigenvalue weighted by molar-refractivity contribution is 5.95. The van der Waals surface area contributed by atoms with E-state index in [-0.39, 0.29) is 12.0 Å². The first-order valence-electron chi connectivity index (χ1n) is 12.1. The van der Waals surface area contributed by atoms with E-state index >= 15 is 0 Å². The second-order valence-electron chi connectivity index (χ2n) is 10.8. The first-order chi connectivity index (χ1) is 15.0. The minimum atomic E-state index is -0.428. The number of amides is 2. The standard InChI is InChI=1S/C26H41N3O3/c1-19-17-22(7-8-23(19)24(30)27(5)6)28-13-9-20(10-14-28)18-21-11-15-29(16-12-21)25(31)32-26(2,3)4/h7-8,17,20-21H,9-16,18H2,1-6H3. The number of rotatable bonds is 4. The van der Waals surface area contributed by atoms with Crippen LogP contribution in [0.2, 0.25) is 0 Å². The molecule has 0 unspecified atom stereocenters. The molecule has 2 amide bonds. The van der Waals surface area contributed by atoms with Crippen LogP contribution in [-0.4, -0.2) is 67.7 Å². The van der Waals surface area contributed by atoms with Gasteiger partial charge in [0.15, 0.2) is 0 Å². The summed E-state index contributed by atoms with van der Waals surface area (Å²) in [5.74, 6) is 1.54. The van der Waals surface area contributed by atoms with Crippen molar-refractivity contribution in [1.82, 2.24) is 9.80 Å². The third-order valence-electron chi connectivity index (χ3n) is 6.76. The minimum Gasteiger partial charge on any atom is -0.444 e. The number of piperidine rings is 2. The van der Waals surface area contributed by atoms with Crippen molar-refractivity contribution < 1.29 is 14.3 Å². The van der Waals surface area contributed by atoms with Gasteiger partial charge in [-0.15, -0.1) is 0 Å². The van der Waals surface area contributed by atoms with Gasteiger partial charge in [0.25, 0.3) is 5.91 Å². The molecular weight excluding hydrogens is 402 g/mol. The third-order valence-corrected chi connectivity index (χ3v) is 6.76. The molecule has 178 valence electrons. The number of benzene rings is 1. The second-order valence-corrected chi connectivity index (χ2v) is 10.8. The average molecular weight is 444 g/mol. The molecule has 1 aromatic carbocycles. The molecule has 0 aromatic heterocycles. The Morgan fingerprint density at radius 2 is 1.56 bits per heavy atom. The van der Waals surface area contributed by atoms with Gasteiger partial charge in [-0.25, -0.2) is 4.79 Å². The molecule has 0 aliphatic carbocycles. The molecule has 0 atom stereocenters. The van der Waals surface area contributed by atoms with Crippen molar-refractivity contribution in [3.8, 4) is 0 Å². The van der Waals surface area contributed by atoms with Crippen LogP contribution in [0.15, 0.2) is 18.2 Å². The van der Waals surface area contributed by atoms with Gasteiger partial charge in [-0.2, -0.15) is 0 Å². The van der Waals surface area contributed by atoms with Gasteiger partial charge in [-0.3, -0.25) is 4.79 Å². The van der Waals surface area contributed by atoms with Crippen molar-refractivity contribution in [2.45, 2.75) is 65.4 Å². The van der Waals surface area contributed by atoms with E-state index in [0.29, 0.717) is 5.92 Å². The monoisotopic (exact) mass is 443 g/mol. The van der Waals surface area contributed by atoms with Crippen LogP contribution >= 0.6 is 0 Å². The zero-order valence-electron chi connectivity index (χ0n) is 20.8. The molecule has 0 bridgehead atoms. The Morgan fingerprint density at radius 1 is 1.00 bits per heavy atom. The van der Waals surface area contributed by atoms with Gasteiger partial charge in [0.1, 0.15) is 5.60 Å². The predicted octanol–water partition coefficient (Wildman–Crippen LogP) is 4.95. The molecule has 0 radical (unpaired) electrons. The molecule has 2 aliphatic heterocycles. The molecule has 2 heterocycles. The van der Waals surface area contributed by atoms with Crippen molar-refractivity contribution in [2.75, 3.05) is 45.2 Å². The van der Waals surface area contributed by atoms with Crippen LogP contribution in [0.1, 0.15) is 68.8 Å². The molecule has 32 heavy (non-hydrogen) atoms. The number of aryl methyl sites for hydroxylation is 1. The maximum absolute atomic E-state index is 12.3. The molecule has 1 aromatic rings. The summed E-state index contributed by atoms with van der Waals surface area (Å²) in [6, 6.07) is 6.22. The Bertz CT molecular complexity index is 799. The van der Waals surface area contributed by atoms with Crippen LogP contribution in [0.5, 0.6) is 0 Å². The second kappa shape index (κ2) is 10.1. The maximum atomic E-state index is 12.3. The molecule has 6 nitrogen and oxygen atoms in total. The van der Waals surface area contributed by atoms with Crippen LogP contribution in [0, 0.1) is 18.8 Å². The number of hydrogen-bond acceptors (Lipinski definition) is 4. The number of likely N-dealkylation sites (tertiary alicyclic amines) is 1. The van der Waals surface area contributed by atoms with E-state index in [0.717, 1.165) is 56.1 Å². The number of hydrogen-bond donors (Lipinski definition) is 0. The van der Waals surface area contributed by atoms with Crippen molar-refractivity contribution >= 4 is 17.7 Å². The van der Waals surface area contributed by atoms with Gasteiger partial charge in [-0.05, 0) is 95.4 Å². The number of anilines is 1. The molecular formula is C26H41N3O3.